The zero-order valence-corrected chi connectivity index (χ0v) is 6.93. The first-order valence-corrected chi connectivity index (χ1v) is 3.86. The molecule has 2 N–H and O–H groups in total. The maximum absolute atomic E-state index is 11.2. The molecule has 0 saturated carbocycles. The van der Waals surface area contributed by atoms with Gasteiger partial charge in [0.05, 0.1) is 11.1 Å². The number of carboxylic acid groups (broad SMARTS) is 1. The monoisotopic (exact) mass is 194 g/mol. The lowest BCUT2D eigenvalue weighted by Crippen LogP contribution is -2.05. The van der Waals surface area contributed by atoms with Crippen LogP contribution in [0.4, 0.5) is 0 Å². The SMILES string of the molecule is O=C(O)c1cccc2c1C(=O)O[C@@H]2O. The Bertz CT molecular complexity index is 423. The van der Waals surface area contributed by atoms with Crippen molar-refractivity contribution in [2.24, 2.45) is 0 Å². The number of rotatable bonds is 1. The number of benzene rings is 1. The second-order valence-electron chi connectivity index (χ2n) is 2.83. The topological polar surface area (TPSA) is 83.8 Å². The Morgan fingerprint density at radius 1 is 1.43 bits per heavy atom. The van der Waals surface area contributed by atoms with E-state index in [-0.39, 0.29) is 16.7 Å². The number of aromatic carboxylic acids is 1. The molecule has 0 unspecified atom stereocenters. The van der Waals surface area contributed by atoms with Crippen LogP contribution in [0.2, 0.25) is 0 Å². The third kappa shape index (κ3) is 1.06. The number of fused-ring (bicyclic) bond motifs is 1. The molecule has 0 radical (unpaired) electrons. The van der Waals surface area contributed by atoms with Crippen molar-refractivity contribution in [2.45, 2.75) is 6.29 Å². The van der Waals surface area contributed by atoms with Gasteiger partial charge < -0.3 is 14.9 Å². The van der Waals surface area contributed by atoms with Crippen molar-refractivity contribution in [3.8, 4) is 0 Å². The third-order valence-corrected chi connectivity index (χ3v) is 2.02. The van der Waals surface area contributed by atoms with Gasteiger partial charge in [-0.25, -0.2) is 9.59 Å². The summed E-state index contributed by atoms with van der Waals surface area (Å²) in [6, 6.07) is 4.20. The number of carbonyl (C=O) groups excluding carboxylic acids is 1. The first kappa shape index (κ1) is 8.71. The van der Waals surface area contributed by atoms with Crippen LogP contribution < -0.4 is 0 Å². The fourth-order valence-corrected chi connectivity index (χ4v) is 1.41. The molecular weight excluding hydrogens is 188 g/mol. The lowest BCUT2D eigenvalue weighted by atomic mass is 10.0. The van der Waals surface area contributed by atoms with Gasteiger partial charge in [-0.3, -0.25) is 0 Å². The highest BCUT2D eigenvalue weighted by Gasteiger charge is 2.33. The second kappa shape index (κ2) is 2.81. The van der Waals surface area contributed by atoms with Crippen LogP contribution in [0.15, 0.2) is 18.2 Å². The summed E-state index contributed by atoms with van der Waals surface area (Å²) in [6.07, 6.45) is -1.35. The van der Waals surface area contributed by atoms with Crippen LogP contribution in [-0.2, 0) is 4.74 Å². The van der Waals surface area contributed by atoms with Gasteiger partial charge in [-0.2, -0.15) is 0 Å². The normalized spacial score (nSPS) is 18.9. The van der Waals surface area contributed by atoms with E-state index in [2.05, 4.69) is 4.74 Å². The highest BCUT2D eigenvalue weighted by molar-refractivity contribution is 6.05. The van der Waals surface area contributed by atoms with E-state index in [1.165, 1.54) is 18.2 Å². The number of aliphatic hydroxyl groups excluding tert-OH is 1. The zero-order chi connectivity index (χ0) is 10.3. The highest BCUT2D eigenvalue weighted by atomic mass is 16.6. The Kier molecular flexibility index (Phi) is 1.75. The lowest BCUT2D eigenvalue weighted by molar-refractivity contribution is -0.0548. The van der Waals surface area contributed by atoms with Crippen LogP contribution in [0, 0.1) is 0 Å². The summed E-state index contributed by atoms with van der Waals surface area (Å²) >= 11 is 0. The molecule has 1 aromatic rings. The van der Waals surface area contributed by atoms with Crippen LogP contribution in [0.25, 0.3) is 0 Å². The summed E-state index contributed by atoms with van der Waals surface area (Å²) < 4.78 is 4.48. The summed E-state index contributed by atoms with van der Waals surface area (Å²) in [7, 11) is 0. The number of esters is 1. The number of carboxylic acids is 1. The molecule has 1 aliphatic heterocycles. The molecule has 5 nitrogen and oxygen atoms in total. The molecule has 0 aliphatic carbocycles. The van der Waals surface area contributed by atoms with E-state index < -0.39 is 18.2 Å². The van der Waals surface area contributed by atoms with E-state index in [0.29, 0.717) is 0 Å². The van der Waals surface area contributed by atoms with Gasteiger partial charge in [0, 0.05) is 5.56 Å². The number of aliphatic hydroxyl groups is 1. The van der Waals surface area contributed by atoms with E-state index in [1.54, 1.807) is 0 Å². The van der Waals surface area contributed by atoms with Crippen molar-refractivity contribution >= 4 is 11.9 Å². The van der Waals surface area contributed by atoms with Crippen molar-refractivity contribution in [2.75, 3.05) is 0 Å². The molecule has 14 heavy (non-hydrogen) atoms. The van der Waals surface area contributed by atoms with Gasteiger partial charge in [0.15, 0.2) is 0 Å². The fourth-order valence-electron chi connectivity index (χ4n) is 1.41. The minimum atomic E-state index is -1.35. The Hall–Kier alpha value is -1.88. The standard InChI is InChI=1S/C9H6O5/c10-7(11)4-2-1-3-5-6(4)9(13)14-8(5)12/h1-3,8,12H,(H,10,11)/t8-/m0/s1. The predicted octanol–water partition coefficient (Wildman–Crippen LogP) is 0.546. The smallest absolute Gasteiger partial charge is 0.342 e. The highest BCUT2D eigenvalue weighted by Crippen LogP contribution is 2.30. The number of ether oxygens (including phenoxy) is 1. The molecule has 1 heterocycles. The van der Waals surface area contributed by atoms with E-state index in [4.69, 9.17) is 5.11 Å². The molecule has 0 bridgehead atoms. The van der Waals surface area contributed by atoms with Crippen molar-refractivity contribution in [1.29, 1.82) is 0 Å². The van der Waals surface area contributed by atoms with Gasteiger partial charge >= 0.3 is 11.9 Å². The third-order valence-electron chi connectivity index (χ3n) is 2.02. The van der Waals surface area contributed by atoms with E-state index >= 15 is 0 Å². The van der Waals surface area contributed by atoms with Crippen molar-refractivity contribution < 1.29 is 24.5 Å². The number of cyclic esters (lactones) is 1. The van der Waals surface area contributed by atoms with Crippen LogP contribution in [0.1, 0.15) is 32.6 Å². The maximum Gasteiger partial charge on any atom is 0.342 e. The Morgan fingerprint density at radius 3 is 2.79 bits per heavy atom. The van der Waals surface area contributed by atoms with Crippen molar-refractivity contribution in [3.05, 3.63) is 34.9 Å². The summed E-state index contributed by atoms with van der Waals surface area (Å²) in [6.45, 7) is 0. The molecular formula is C9H6O5. The van der Waals surface area contributed by atoms with Gasteiger partial charge in [0.1, 0.15) is 0 Å². The Morgan fingerprint density at radius 2 is 2.14 bits per heavy atom. The molecule has 72 valence electrons. The van der Waals surface area contributed by atoms with Gasteiger partial charge in [-0.1, -0.05) is 12.1 Å². The molecule has 0 aromatic heterocycles. The van der Waals surface area contributed by atoms with Gasteiger partial charge in [-0.05, 0) is 6.07 Å². The second-order valence-corrected chi connectivity index (χ2v) is 2.83. The summed E-state index contributed by atoms with van der Waals surface area (Å²) in [5.74, 6) is -2.02. The van der Waals surface area contributed by atoms with Crippen LogP contribution in [0.5, 0.6) is 0 Å². The minimum absolute atomic E-state index is 0.0625. The predicted molar refractivity (Wildman–Crippen MR) is 43.8 cm³/mol. The van der Waals surface area contributed by atoms with Crippen LogP contribution in [-0.4, -0.2) is 22.2 Å². The first-order chi connectivity index (χ1) is 6.61. The summed E-state index contributed by atoms with van der Waals surface area (Å²) in [4.78, 5) is 21.9. The van der Waals surface area contributed by atoms with Gasteiger partial charge in [-0.15, -0.1) is 0 Å². The van der Waals surface area contributed by atoms with Gasteiger partial charge in [0.2, 0.25) is 6.29 Å². The molecule has 0 saturated heterocycles. The van der Waals surface area contributed by atoms with E-state index in [9.17, 15) is 14.7 Å². The van der Waals surface area contributed by atoms with Crippen molar-refractivity contribution in [1.82, 2.24) is 0 Å². The number of hydrogen-bond acceptors (Lipinski definition) is 4. The van der Waals surface area contributed by atoms with E-state index in [1.807, 2.05) is 0 Å². The largest absolute Gasteiger partial charge is 0.478 e. The molecule has 0 fully saturated rings. The molecule has 0 spiro atoms. The van der Waals surface area contributed by atoms with Gasteiger partial charge in [0.25, 0.3) is 0 Å². The Balaban J connectivity index is 2.68. The fraction of sp³-hybridized carbons (Fsp3) is 0.111. The average molecular weight is 194 g/mol. The van der Waals surface area contributed by atoms with E-state index in [0.717, 1.165) is 0 Å². The Labute approximate surface area is 78.5 Å². The average Bonchev–Trinajstić information content (AvgIpc) is 2.43. The van der Waals surface area contributed by atoms with Crippen molar-refractivity contribution in [3.63, 3.8) is 0 Å². The lowest BCUT2D eigenvalue weighted by Gasteiger charge is -2.00. The minimum Gasteiger partial charge on any atom is -0.478 e. The van der Waals surface area contributed by atoms with Crippen LogP contribution >= 0.6 is 0 Å². The molecule has 5 heteroatoms. The summed E-state index contributed by atoms with van der Waals surface area (Å²) in [5.41, 5.74) is -0.00792. The molecule has 0 amide bonds. The molecule has 1 atom stereocenters. The maximum atomic E-state index is 11.2. The summed E-state index contributed by atoms with van der Waals surface area (Å²) in [5, 5.41) is 18.0. The number of hydrogen-bond donors (Lipinski definition) is 2. The zero-order valence-electron chi connectivity index (χ0n) is 6.93. The number of carbonyl (C=O) groups is 2. The first-order valence-electron chi connectivity index (χ1n) is 3.86. The molecule has 1 aliphatic rings. The molecule has 2 rings (SSSR count). The van der Waals surface area contributed by atoms with Crippen LogP contribution in [0.3, 0.4) is 0 Å². The quantitative estimate of drug-likeness (QED) is 0.637. The molecule has 1 aromatic carbocycles.